The molecule has 0 radical (unpaired) electrons. The highest BCUT2D eigenvalue weighted by Crippen LogP contribution is 2.45. The van der Waals surface area contributed by atoms with Crippen molar-refractivity contribution >= 4 is 17.6 Å². The molecule has 2 aromatic carbocycles. The highest BCUT2D eigenvalue weighted by atomic mass is 16.6. The first-order valence-corrected chi connectivity index (χ1v) is 12.2. The molecule has 2 aliphatic rings. The third-order valence-corrected chi connectivity index (χ3v) is 6.16. The highest BCUT2D eigenvalue weighted by Gasteiger charge is 2.36. The fourth-order valence-electron chi connectivity index (χ4n) is 4.22. The predicted octanol–water partition coefficient (Wildman–Crippen LogP) is 2.08. The molecule has 1 saturated heterocycles. The summed E-state index contributed by atoms with van der Waals surface area (Å²) >= 11 is 0. The molecular formula is C26H28N4O8. The monoisotopic (exact) mass is 524 g/mol. The second kappa shape index (κ2) is 11.5. The molecule has 1 fully saturated rings. The number of rotatable bonds is 9. The number of amides is 1. The van der Waals surface area contributed by atoms with E-state index in [1.54, 1.807) is 18.2 Å². The normalized spacial score (nSPS) is 19.5. The summed E-state index contributed by atoms with van der Waals surface area (Å²) in [7, 11) is 0. The standard InChI is InChI=1S/C26H28N4O8/c31-15-21-17(32)13-22(38-21)30-14-20-24(29-25(30)33)28-23-18(7-4-8-19(23)37-20)35-12-10-27-26(34)36-11-9-16-5-2-1-3-6-16/h1-8,14,17,21-22,31-32H,9-13,15H2,(H,27,34)(H,28,29,33)/t17?,21-,22-/m1/s1. The van der Waals surface area contributed by atoms with Gasteiger partial charge in [0.2, 0.25) is 0 Å². The molecule has 5 rings (SSSR count). The zero-order chi connectivity index (χ0) is 26.5. The van der Waals surface area contributed by atoms with Crippen molar-refractivity contribution in [1.82, 2.24) is 14.9 Å². The number of anilines is 2. The van der Waals surface area contributed by atoms with E-state index in [4.69, 9.17) is 18.9 Å². The molecule has 3 heterocycles. The maximum absolute atomic E-state index is 12.7. The van der Waals surface area contributed by atoms with Crippen LogP contribution in [0.5, 0.6) is 17.2 Å². The van der Waals surface area contributed by atoms with Crippen molar-refractivity contribution in [3.05, 3.63) is 70.8 Å². The number of ether oxygens (including phenoxy) is 4. The number of carbonyl (C=O) groups excluding carboxylic acids is 1. The summed E-state index contributed by atoms with van der Waals surface area (Å²) in [5, 5.41) is 25.0. The minimum absolute atomic E-state index is 0.141. The van der Waals surface area contributed by atoms with Crippen molar-refractivity contribution in [2.45, 2.75) is 31.3 Å². The number of benzene rings is 2. The summed E-state index contributed by atoms with van der Waals surface area (Å²) in [5.74, 6) is 1.40. The summed E-state index contributed by atoms with van der Waals surface area (Å²) in [6.45, 7) is 0.301. The van der Waals surface area contributed by atoms with E-state index in [1.807, 2.05) is 30.3 Å². The zero-order valence-electron chi connectivity index (χ0n) is 20.4. The van der Waals surface area contributed by atoms with Gasteiger partial charge in [-0.25, -0.2) is 9.59 Å². The number of aliphatic hydroxyl groups excluding tert-OH is 2. The van der Waals surface area contributed by atoms with Crippen molar-refractivity contribution in [3.8, 4) is 17.2 Å². The summed E-state index contributed by atoms with van der Waals surface area (Å²) < 4.78 is 23.8. The molecule has 2 aliphatic heterocycles. The maximum Gasteiger partial charge on any atom is 0.407 e. The fraction of sp³-hybridized carbons (Fsp3) is 0.346. The Kier molecular flexibility index (Phi) is 7.73. The third kappa shape index (κ3) is 5.72. The smallest absolute Gasteiger partial charge is 0.407 e. The first-order valence-electron chi connectivity index (χ1n) is 12.2. The average Bonchev–Trinajstić information content (AvgIpc) is 3.30. The number of carbonyl (C=O) groups is 1. The van der Waals surface area contributed by atoms with Gasteiger partial charge in [0.1, 0.15) is 30.4 Å². The van der Waals surface area contributed by atoms with Crippen LogP contribution in [0.15, 0.2) is 59.5 Å². The van der Waals surface area contributed by atoms with Gasteiger partial charge in [0, 0.05) is 12.8 Å². The summed E-state index contributed by atoms with van der Waals surface area (Å²) in [5.41, 5.74) is 0.971. The second-order valence-corrected chi connectivity index (χ2v) is 8.76. The number of nitrogens with one attached hydrogen (secondary N) is 2. The maximum atomic E-state index is 12.7. The van der Waals surface area contributed by atoms with Crippen LogP contribution in [-0.4, -0.2) is 64.4 Å². The molecular weight excluding hydrogens is 496 g/mol. The number of alkyl carbamates (subject to hydrolysis) is 1. The topological polar surface area (TPSA) is 153 Å². The molecule has 3 aromatic rings. The van der Waals surface area contributed by atoms with Crippen LogP contribution in [0.1, 0.15) is 18.2 Å². The molecule has 0 spiro atoms. The number of fused-ring (bicyclic) bond motifs is 2. The lowest BCUT2D eigenvalue weighted by atomic mass is 10.2. The number of aromatic nitrogens is 2. The van der Waals surface area contributed by atoms with Gasteiger partial charge in [-0.1, -0.05) is 36.4 Å². The quantitative estimate of drug-likeness (QED) is 0.239. The van der Waals surface area contributed by atoms with E-state index >= 15 is 0 Å². The van der Waals surface area contributed by atoms with Crippen molar-refractivity contribution in [1.29, 1.82) is 0 Å². The largest absolute Gasteiger partial charge is 0.489 e. The number of aliphatic hydroxyl groups is 2. The van der Waals surface area contributed by atoms with Crippen LogP contribution in [0.2, 0.25) is 0 Å². The van der Waals surface area contributed by atoms with E-state index < -0.39 is 30.2 Å². The highest BCUT2D eigenvalue weighted by molar-refractivity contribution is 5.77. The summed E-state index contributed by atoms with van der Waals surface area (Å²) in [6, 6.07) is 14.9. The van der Waals surface area contributed by atoms with E-state index in [9.17, 15) is 19.8 Å². The molecule has 0 bridgehead atoms. The Morgan fingerprint density at radius 3 is 2.79 bits per heavy atom. The van der Waals surface area contributed by atoms with Crippen LogP contribution in [0.3, 0.4) is 0 Å². The zero-order valence-corrected chi connectivity index (χ0v) is 20.4. The molecule has 1 amide bonds. The SMILES string of the molecule is O=C(NCCOc1cccc2c1Nc1nc(=O)n([C@H]3CC(O)[C@@H](CO)O3)cc1O2)OCCc1ccccc1. The van der Waals surface area contributed by atoms with Crippen LogP contribution in [-0.2, 0) is 15.9 Å². The van der Waals surface area contributed by atoms with Crippen molar-refractivity contribution in [2.24, 2.45) is 0 Å². The molecule has 38 heavy (non-hydrogen) atoms. The molecule has 1 aromatic heterocycles. The van der Waals surface area contributed by atoms with Crippen LogP contribution in [0.4, 0.5) is 16.3 Å². The van der Waals surface area contributed by atoms with Crippen molar-refractivity contribution < 1.29 is 34.0 Å². The van der Waals surface area contributed by atoms with Crippen LogP contribution in [0.25, 0.3) is 0 Å². The first kappa shape index (κ1) is 25.5. The molecule has 1 unspecified atom stereocenters. The molecule has 3 atom stereocenters. The fourth-order valence-corrected chi connectivity index (χ4v) is 4.22. The minimum atomic E-state index is -0.891. The molecule has 4 N–H and O–H groups in total. The van der Waals surface area contributed by atoms with Gasteiger partial charge in [-0.3, -0.25) is 4.57 Å². The van der Waals surface area contributed by atoms with E-state index in [2.05, 4.69) is 15.6 Å². The number of hydrogen-bond acceptors (Lipinski definition) is 10. The van der Waals surface area contributed by atoms with E-state index in [0.717, 1.165) is 5.56 Å². The lowest BCUT2D eigenvalue weighted by Gasteiger charge is -2.24. The Hall–Kier alpha value is -4.13. The second-order valence-electron chi connectivity index (χ2n) is 8.76. The summed E-state index contributed by atoms with van der Waals surface area (Å²) in [6.07, 6.45) is -0.734. The first-order chi connectivity index (χ1) is 18.5. The van der Waals surface area contributed by atoms with Gasteiger partial charge in [-0.15, -0.1) is 0 Å². The molecule has 0 saturated carbocycles. The van der Waals surface area contributed by atoms with Crippen LogP contribution < -0.4 is 25.8 Å². The predicted molar refractivity (Wildman–Crippen MR) is 135 cm³/mol. The van der Waals surface area contributed by atoms with Gasteiger partial charge in [0.25, 0.3) is 0 Å². The molecule has 12 heteroatoms. The van der Waals surface area contributed by atoms with Gasteiger partial charge in [0.15, 0.2) is 17.3 Å². The lowest BCUT2D eigenvalue weighted by molar-refractivity contribution is -0.0459. The van der Waals surface area contributed by atoms with Gasteiger partial charge < -0.3 is 39.8 Å². The molecule has 0 aliphatic carbocycles. The number of para-hydroxylation sites is 1. The van der Waals surface area contributed by atoms with Gasteiger partial charge in [-0.2, -0.15) is 4.98 Å². The molecule has 200 valence electrons. The lowest BCUT2D eigenvalue weighted by Crippen LogP contribution is -2.29. The summed E-state index contributed by atoms with van der Waals surface area (Å²) in [4.78, 5) is 28.6. The van der Waals surface area contributed by atoms with Crippen molar-refractivity contribution in [2.75, 3.05) is 31.7 Å². The van der Waals surface area contributed by atoms with E-state index in [0.29, 0.717) is 29.4 Å². The number of nitrogens with zero attached hydrogens (tertiary/aromatic N) is 2. The Morgan fingerprint density at radius 1 is 1.16 bits per heavy atom. The van der Waals surface area contributed by atoms with E-state index in [1.165, 1.54) is 10.8 Å². The minimum Gasteiger partial charge on any atom is -0.489 e. The Bertz CT molecular complexity index is 1330. The van der Waals surface area contributed by atoms with Crippen LogP contribution in [0, 0.1) is 0 Å². The van der Waals surface area contributed by atoms with Crippen LogP contribution >= 0.6 is 0 Å². The average molecular weight is 525 g/mol. The third-order valence-electron chi connectivity index (χ3n) is 6.16. The Labute approximate surface area is 217 Å². The van der Waals surface area contributed by atoms with Gasteiger partial charge in [-0.05, 0) is 17.7 Å². The molecule has 12 nitrogen and oxygen atoms in total. The Morgan fingerprint density at radius 2 is 2.00 bits per heavy atom. The van der Waals surface area contributed by atoms with Gasteiger partial charge in [0.05, 0.1) is 32.1 Å². The van der Waals surface area contributed by atoms with E-state index in [-0.39, 0.29) is 38.6 Å². The van der Waals surface area contributed by atoms with Gasteiger partial charge >= 0.3 is 11.8 Å². The number of hydrogen-bond donors (Lipinski definition) is 4. The Balaban J connectivity index is 1.15. The van der Waals surface area contributed by atoms with Crippen molar-refractivity contribution in [3.63, 3.8) is 0 Å².